The van der Waals surface area contributed by atoms with Gasteiger partial charge in [0.2, 0.25) is 0 Å². The number of fused-ring (bicyclic) bond motifs is 1. The van der Waals surface area contributed by atoms with Gasteiger partial charge in [-0.1, -0.05) is 18.2 Å². The minimum Gasteiger partial charge on any atom is -0.322 e. The van der Waals surface area contributed by atoms with Gasteiger partial charge in [-0.2, -0.15) is 5.10 Å². The molecule has 3 aromatic rings. The lowest BCUT2D eigenvalue weighted by Gasteiger charge is -2.11. The standard InChI is InChI=1S/C15H15N3OS/c1-10-6-7-14(20-10)13(16)9-18-15(19)12-5-3-2-4-11(12)8-17-18/h2-8,13H,9,16H2,1H3. The van der Waals surface area contributed by atoms with Gasteiger partial charge in [0.15, 0.2) is 0 Å². The Morgan fingerprint density at radius 2 is 2.10 bits per heavy atom. The van der Waals surface area contributed by atoms with Crippen LogP contribution in [0.25, 0.3) is 10.8 Å². The van der Waals surface area contributed by atoms with E-state index in [2.05, 4.69) is 5.10 Å². The van der Waals surface area contributed by atoms with Crippen molar-refractivity contribution in [3.05, 3.63) is 62.7 Å². The fourth-order valence-electron chi connectivity index (χ4n) is 2.19. The molecule has 0 saturated heterocycles. The third-order valence-corrected chi connectivity index (χ3v) is 4.39. The fourth-order valence-corrected chi connectivity index (χ4v) is 3.06. The molecule has 0 aliphatic carbocycles. The van der Waals surface area contributed by atoms with Crippen LogP contribution >= 0.6 is 11.3 Å². The Bertz CT molecular complexity index is 806. The topological polar surface area (TPSA) is 60.9 Å². The highest BCUT2D eigenvalue weighted by molar-refractivity contribution is 7.12. The van der Waals surface area contributed by atoms with Crippen LogP contribution in [-0.4, -0.2) is 9.78 Å². The second kappa shape index (κ2) is 5.19. The van der Waals surface area contributed by atoms with E-state index in [9.17, 15) is 4.79 Å². The molecule has 4 nitrogen and oxygen atoms in total. The van der Waals surface area contributed by atoms with E-state index in [1.807, 2.05) is 43.3 Å². The summed E-state index contributed by atoms with van der Waals surface area (Å²) in [6, 6.07) is 11.3. The maximum absolute atomic E-state index is 12.3. The zero-order valence-corrected chi connectivity index (χ0v) is 11.9. The number of aromatic nitrogens is 2. The van der Waals surface area contributed by atoms with Crippen molar-refractivity contribution in [1.82, 2.24) is 9.78 Å². The largest absolute Gasteiger partial charge is 0.322 e. The van der Waals surface area contributed by atoms with Crippen LogP contribution in [0.15, 0.2) is 47.4 Å². The molecule has 3 rings (SSSR count). The molecule has 2 aromatic heterocycles. The number of aryl methyl sites for hydroxylation is 1. The summed E-state index contributed by atoms with van der Waals surface area (Å²) in [5.74, 6) is 0. The van der Waals surface area contributed by atoms with Crippen LogP contribution in [0.2, 0.25) is 0 Å². The molecule has 1 atom stereocenters. The molecule has 0 aliphatic rings. The van der Waals surface area contributed by atoms with Crippen LogP contribution in [0.3, 0.4) is 0 Å². The number of hydrogen-bond donors (Lipinski definition) is 1. The molecule has 0 bridgehead atoms. The number of benzene rings is 1. The third-order valence-electron chi connectivity index (χ3n) is 3.26. The zero-order chi connectivity index (χ0) is 14.1. The van der Waals surface area contributed by atoms with Crippen molar-refractivity contribution in [1.29, 1.82) is 0 Å². The zero-order valence-electron chi connectivity index (χ0n) is 11.1. The lowest BCUT2D eigenvalue weighted by molar-refractivity contribution is 0.513. The maximum Gasteiger partial charge on any atom is 0.274 e. The first-order valence-electron chi connectivity index (χ1n) is 6.42. The van der Waals surface area contributed by atoms with Gasteiger partial charge in [0.25, 0.3) is 5.56 Å². The molecule has 0 amide bonds. The SMILES string of the molecule is Cc1ccc(C(N)Cn2ncc3ccccc3c2=O)s1. The van der Waals surface area contributed by atoms with Crippen LogP contribution in [0, 0.1) is 6.92 Å². The summed E-state index contributed by atoms with van der Waals surface area (Å²) in [7, 11) is 0. The van der Waals surface area contributed by atoms with Crippen LogP contribution in [-0.2, 0) is 6.54 Å². The summed E-state index contributed by atoms with van der Waals surface area (Å²) in [6.07, 6.45) is 1.71. The van der Waals surface area contributed by atoms with Crippen molar-refractivity contribution in [3.8, 4) is 0 Å². The first kappa shape index (κ1) is 13.0. The molecule has 102 valence electrons. The number of hydrogen-bond acceptors (Lipinski definition) is 4. The van der Waals surface area contributed by atoms with E-state index in [-0.39, 0.29) is 11.6 Å². The van der Waals surface area contributed by atoms with E-state index >= 15 is 0 Å². The smallest absolute Gasteiger partial charge is 0.274 e. The third kappa shape index (κ3) is 2.37. The highest BCUT2D eigenvalue weighted by atomic mass is 32.1. The van der Waals surface area contributed by atoms with Crippen LogP contribution in [0.4, 0.5) is 0 Å². The molecule has 0 saturated carbocycles. The molecule has 5 heteroatoms. The maximum atomic E-state index is 12.3. The van der Waals surface area contributed by atoms with Crippen molar-refractivity contribution < 1.29 is 0 Å². The Morgan fingerprint density at radius 3 is 2.85 bits per heavy atom. The molecule has 0 spiro atoms. The predicted octanol–water partition coefficient (Wildman–Crippen LogP) is 2.47. The van der Waals surface area contributed by atoms with Gasteiger partial charge >= 0.3 is 0 Å². The fraction of sp³-hybridized carbons (Fsp3) is 0.200. The summed E-state index contributed by atoms with van der Waals surface area (Å²) in [6.45, 7) is 2.44. The number of rotatable bonds is 3. The van der Waals surface area contributed by atoms with Gasteiger partial charge in [-0.05, 0) is 25.1 Å². The Morgan fingerprint density at radius 1 is 1.30 bits per heavy atom. The van der Waals surface area contributed by atoms with E-state index in [4.69, 9.17) is 5.73 Å². The summed E-state index contributed by atoms with van der Waals surface area (Å²) in [5, 5.41) is 5.74. The Hall–Kier alpha value is -1.98. The van der Waals surface area contributed by atoms with Crippen molar-refractivity contribution in [2.75, 3.05) is 0 Å². The highest BCUT2D eigenvalue weighted by Crippen LogP contribution is 2.21. The number of thiophene rings is 1. The van der Waals surface area contributed by atoms with E-state index in [0.29, 0.717) is 11.9 Å². The minimum absolute atomic E-state index is 0.0909. The van der Waals surface area contributed by atoms with E-state index in [1.165, 1.54) is 9.56 Å². The molecule has 2 N–H and O–H groups in total. The van der Waals surface area contributed by atoms with Crippen LogP contribution in [0.5, 0.6) is 0 Å². The summed E-state index contributed by atoms with van der Waals surface area (Å²) in [4.78, 5) is 14.6. The van der Waals surface area contributed by atoms with E-state index < -0.39 is 0 Å². The Labute approximate surface area is 120 Å². The van der Waals surface area contributed by atoms with Crippen LogP contribution < -0.4 is 11.3 Å². The predicted molar refractivity (Wildman–Crippen MR) is 82.0 cm³/mol. The van der Waals surface area contributed by atoms with Crippen molar-refractivity contribution in [2.45, 2.75) is 19.5 Å². The quantitative estimate of drug-likeness (QED) is 0.804. The average Bonchev–Trinajstić information content (AvgIpc) is 2.89. The van der Waals surface area contributed by atoms with Gasteiger partial charge in [-0.25, -0.2) is 4.68 Å². The molecular weight excluding hydrogens is 270 g/mol. The van der Waals surface area contributed by atoms with Crippen molar-refractivity contribution in [2.24, 2.45) is 5.73 Å². The average molecular weight is 285 g/mol. The molecule has 2 heterocycles. The van der Waals surface area contributed by atoms with Gasteiger partial charge < -0.3 is 5.73 Å². The van der Waals surface area contributed by atoms with Crippen molar-refractivity contribution >= 4 is 22.1 Å². The van der Waals surface area contributed by atoms with Crippen LogP contribution in [0.1, 0.15) is 15.8 Å². The molecule has 1 aromatic carbocycles. The van der Waals surface area contributed by atoms with Gasteiger partial charge in [0, 0.05) is 15.1 Å². The van der Waals surface area contributed by atoms with Gasteiger partial charge in [0.1, 0.15) is 0 Å². The minimum atomic E-state index is -0.208. The van der Waals surface area contributed by atoms with Crippen molar-refractivity contribution in [3.63, 3.8) is 0 Å². The molecular formula is C15H15N3OS. The Kier molecular flexibility index (Phi) is 3.38. The summed E-state index contributed by atoms with van der Waals surface area (Å²) >= 11 is 1.66. The lowest BCUT2D eigenvalue weighted by Crippen LogP contribution is -2.28. The molecule has 1 unspecified atom stereocenters. The summed E-state index contributed by atoms with van der Waals surface area (Å²) in [5.41, 5.74) is 6.07. The first-order chi connectivity index (χ1) is 9.65. The van der Waals surface area contributed by atoms with Gasteiger partial charge in [-0.15, -0.1) is 11.3 Å². The number of nitrogens with two attached hydrogens (primary N) is 1. The summed E-state index contributed by atoms with van der Waals surface area (Å²) < 4.78 is 1.45. The Balaban J connectivity index is 1.95. The van der Waals surface area contributed by atoms with Gasteiger partial charge in [-0.3, -0.25) is 4.79 Å². The molecule has 0 fully saturated rings. The molecule has 0 aliphatic heterocycles. The second-order valence-electron chi connectivity index (χ2n) is 4.77. The molecule has 20 heavy (non-hydrogen) atoms. The normalized spacial score (nSPS) is 12.7. The lowest BCUT2D eigenvalue weighted by atomic mass is 10.2. The van der Waals surface area contributed by atoms with E-state index in [1.54, 1.807) is 17.5 Å². The monoisotopic (exact) mass is 285 g/mol. The number of nitrogens with zero attached hydrogens (tertiary/aromatic N) is 2. The van der Waals surface area contributed by atoms with Gasteiger partial charge in [0.05, 0.1) is 24.2 Å². The highest BCUT2D eigenvalue weighted by Gasteiger charge is 2.11. The molecule has 0 radical (unpaired) electrons. The first-order valence-corrected chi connectivity index (χ1v) is 7.23. The van der Waals surface area contributed by atoms with E-state index in [0.717, 1.165) is 10.3 Å². The second-order valence-corrected chi connectivity index (χ2v) is 6.09.